The Morgan fingerprint density at radius 3 is 2.79 bits per heavy atom. The van der Waals surface area contributed by atoms with Crippen LogP contribution in [-0.4, -0.2) is 15.7 Å². The van der Waals surface area contributed by atoms with Crippen molar-refractivity contribution in [1.82, 2.24) is 15.1 Å². The Morgan fingerprint density at radius 2 is 2.12 bits per heavy atom. The molecule has 0 aliphatic heterocycles. The lowest BCUT2D eigenvalue weighted by molar-refractivity contribution is -0.122. The Labute approximate surface area is 140 Å². The molecule has 1 amide bonds. The van der Waals surface area contributed by atoms with E-state index in [-0.39, 0.29) is 24.4 Å². The Hall–Kier alpha value is -2.74. The summed E-state index contributed by atoms with van der Waals surface area (Å²) in [7, 11) is 0. The van der Waals surface area contributed by atoms with Crippen molar-refractivity contribution in [2.75, 3.05) is 0 Å². The maximum absolute atomic E-state index is 12.9. The predicted molar refractivity (Wildman–Crippen MR) is 87.0 cm³/mol. The van der Waals surface area contributed by atoms with Gasteiger partial charge in [-0.2, -0.15) is 4.68 Å². The van der Waals surface area contributed by atoms with Crippen molar-refractivity contribution in [2.24, 2.45) is 0 Å². The number of aromatic nitrogens is 2. The minimum absolute atomic E-state index is 0.0408. The van der Waals surface area contributed by atoms with E-state index in [0.717, 1.165) is 9.56 Å². The first-order valence-corrected chi connectivity index (χ1v) is 8.07. The second-order valence-electron chi connectivity index (χ2n) is 5.14. The molecule has 24 heavy (non-hydrogen) atoms. The van der Waals surface area contributed by atoms with Crippen LogP contribution in [0.1, 0.15) is 17.8 Å². The minimum Gasteiger partial charge on any atom is -0.388 e. The first-order valence-electron chi connectivity index (χ1n) is 7.19. The SMILES string of the molecule is CC(NC(=O)Cn1nc(-c2ccc(F)cc2)oc1=O)c1cccs1. The Bertz CT molecular complexity index is 884. The topological polar surface area (TPSA) is 77.1 Å². The van der Waals surface area contributed by atoms with Crippen LogP contribution in [0.3, 0.4) is 0 Å². The smallest absolute Gasteiger partial charge is 0.388 e. The normalized spacial score (nSPS) is 12.1. The van der Waals surface area contributed by atoms with Gasteiger partial charge in [-0.25, -0.2) is 9.18 Å². The van der Waals surface area contributed by atoms with Crippen LogP contribution < -0.4 is 11.1 Å². The van der Waals surface area contributed by atoms with Gasteiger partial charge in [0.05, 0.1) is 6.04 Å². The maximum atomic E-state index is 12.9. The van der Waals surface area contributed by atoms with Crippen molar-refractivity contribution in [1.29, 1.82) is 0 Å². The average molecular weight is 347 g/mol. The summed E-state index contributed by atoms with van der Waals surface area (Å²) in [6.45, 7) is 1.61. The second kappa shape index (κ2) is 6.79. The number of benzene rings is 1. The molecule has 0 spiro atoms. The van der Waals surface area contributed by atoms with Gasteiger partial charge in [0.2, 0.25) is 11.8 Å². The Kier molecular flexibility index (Phi) is 4.57. The molecule has 3 rings (SSSR count). The van der Waals surface area contributed by atoms with Crippen LogP contribution in [0.5, 0.6) is 0 Å². The highest BCUT2D eigenvalue weighted by atomic mass is 32.1. The number of thiophene rings is 1. The van der Waals surface area contributed by atoms with Crippen molar-refractivity contribution < 1.29 is 13.6 Å². The van der Waals surface area contributed by atoms with Crippen LogP contribution in [0.15, 0.2) is 51.0 Å². The molecule has 0 bridgehead atoms. The monoisotopic (exact) mass is 347 g/mol. The van der Waals surface area contributed by atoms with Crippen molar-refractivity contribution >= 4 is 17.2 Å². The minimum atomic E-state index is -0.742. The van der Waals surface area contributed by atoms with E-state index < -0.39 is 11.6 Å². The van der Waals surface area contributed by atoms with Crippen LogP contribution in [0, 0.1) is 5.82 Å². The van der Waals surface area contributed by atoms with E-state index in [1.54, 1.807) is 0 Å². The summed E-state index contributed by atoms with van der Waals surface area (Å²) in [6.07, 6.45) is 0. The van der Waals surface area contributed by atoms with E-state index in [9.17, 15) is 14.0 Å². The molecule has 1 N–H and O–H groups in total. The first-order chi connectivity index (χ1) is 11.5. The first kappa shape index (κ1) is 16.1. The molecule has 1 atom stereocenters. The molecule has 2 heterocycles. The maximum Gasteiger partial charge on any atom is 0.437 e. The van der Waals surface area contributed by atoms with Gasteiger partial charge in [0, 0.05) is 10.4 Å². The molecule has 3 aromatic rings. The summed E-state index contributed by atoms with van der Waals surface area (Å²) in [5, 5.41) is 8.70. The molecule has 0 aliphatic carbocycles. The molecule has 6 nitrogen and oxygen atoms in total. The highest BCUT2D eigenvalue weighted by Gasteiger charge is 2.15. The lowest BCUT2D eigenvalue weighted by Crippen LogP contribution is -2.32. The van der Waals surface area contributed by atoms with E-state index in [1.165, 1.54) is 35.6 Å². The molecule has 1 aromatic carbocycles. The van der Waals surface area contributed by atoms with Gasteiger partial charge in [-0.3, -0.25) is 4.79 Å². The van der Waals surface area contributed by atoms with Gasteiger partial charge in [-0.05, 0) is 42.6 Å². The molecular formula is C16H14FN3O3S. The van der Waals surface area contributed by atoms with Crippen molar-refractivity contribution in [2.45, 2.75) is 19.5 Å². The van der Waals surface area contributed by atoms with Gasteiger partial charge in [0.15, 0.2) is 0 Å². The molecule has 0 saturated carbocycles. The van der Waals surface area contributed by atoms with Crippen LogP contribution in [0.25, 0.3) is 11.5 Å². The lowest BCUT2D eigenvalue weighted by atomic mass is 10.2. The average Bonchev–Trinajstić information content (AvgIpc) is 3.19. The van der Waals surface area contributed by atoms with Gasteiger partial charge in [0.25, 0.3) is 0 Å². The number of carbonyl (C=O) groups excluding carboxylic acids is 1. The van der Waals surface area contributed by atoms with E-state index in [2.05, 4.69) is 10.4 Å². The number of rotatable bonds is 5. The van der Waals surface area contributed by atoms with E-state index in [0.29, 0.717) is 5.56 Å². The van der Waals surface area contributed by atoms with Crippen LogP contribution in [0.4, 0.5) is 4.39 Å². The van der Waals surface area contributed by atoms with Crippen molar-refractivity contribution in [3.8, 4) is 11.5 Å². The highest BCUT2D eigenvalue weighted by molar-refractivity contribution is 7.10. The summed E-state index contributed by atoms with van der Waals surface area (Å²) in [4.78, 5) is 24.9. The van der Waals surface area contributed by atoms with Gasteiger partial charge >= 0.3 is 5.76 Å². The van der Waals surface area contributed by atoms with Crippen molar-refractivity contribution in [3.05, 3.63) is 63.0 Å². The fourth-order valence-electron chi connectivity index (χ4n) is 2.15. The number of amides is 1. The molecule has 1 unspecified atom stereocenters. The summed E-state index contributed by atoms with van der Waals surface area (Å²) >= 11 is 1.54. The zero-order valence-electron chi connectivity index (χ0n) is 12.7. The number of hydrogen-bond donors (Lipinski definition) is 1. The standard InChI is InChI=1S/C16H14FN3O3S/c1-10(13-3-2-8-24-13)18-14(21)9-20-16(22)23-15(19-20)11-4-6-12(17)7-5-11/h2-8,10H,9H2,1H3,(H,18,21). The molecule has 0 radical (unpaired) electrons. The second-order valence-corrected chi connectivity index (χ2v) is 6.12. The summed E-state index contributed by atoms with van der Waals surface area (Å²) in [5.74, 6) is -1.45. The summed E-state index contributed by atoms with van der Waals surface area (Å²) in [5.41, 5.74) is 0.458. The molecule has 8 heteroatoms. The van der Waals surface area contributed by atoms with Crippen molar-refractivity contribution in [3.63, 3.8) is 0 Å². The van der Waals surface area contributed by atoms with E-state index in [4.69, 9.17) is 4.42 Å². The third-order valence-corrected chi connectivity index (χ3v) is 4.39. The molecular weight excluding hydrogens is 333 g/mol. The molecule has 0 fully saturated rings. The number of nitrogens with zero attached hydrogens (tertiary/aromatic N) is 2. The van der Waals surface area contributed by atoms with Gasteiger partial charge in [-0.1, -0.05) is 6.07 Å². The third kappa shape index (κ3) is 3.60. The Balaban J connectivity index is 1.70. The van der Waals surface area contributed by atoms with Gasteiger partial charge in [-0.15, -0.1) is 16.4 Å². The zero-order valence-corrected chi connectivity index (χ0v) is 13.5. The van der Waals surface area contributed by atoms with Crippen LogP contribution in [0.2, 0.25) is 0 Å². The number of carbonyl (C=O) groups is 1. The van der Waals surface area contributed by atoms with Gasteiger partial charge < -0.3 is 9.73 Å². The Morgan fingerprint density at radius 1 is 1.38 bits per heavy atom. The highest BCUT2D eigenvalue weighted by Crippen LogP contribution is 2.18. The zero-order chi connectivity index (χ0) is 17.1. The van der Waals surface area contributed by atoms with E-state index >= 15 is 0 Å². The predicted octanol–water partition coefficient (Wildman–Crippen LogP) is 2.58. The molecule has 0 aliphatic rings. The number of hydrogen-bond acceptors (Lipinski definition) is 5. The fourth-order valence-corrected chi connectivity index (χ4v) is 2.88. The number of nitrogens with one attached hydrogen (secondary N) is 1. The summed E-state index contributed by atoms with van der Waals surface area (Å²) in [6, 6.07) is 9.04. The quantitative estimate of drug-likeness (QED) is 0.769. The van der Waals surface area contributed by atoms with E-state index in [1.807, 2.05) is 24.4 Å². The van der Waals surface area contributed by atoms with Crippen LogP contribution in [-0.2, 0) is 11.3 Å². The molecule has 2 aromatic heterocycles. The largest absolute Gasteiger partial charge is 0.437 e. The summed E-state index contributed by atoms with van der Waals surface area (Å²) < 4.78 is 18.9. The number of halogens is 1. The van der Waals surface area contributed by atoms with Crippen LogP contribution >= 0.6 is 11.3 Å². The molecule has 124 valence electrons. The molecule has 0 saturated heterocycles. The fraction of sp³-hybridized carbons (Fsp3) is 0.188. The lowest BCUT2D eigenvalue weighted by Gasteiger charge is -2.11. The van der Waals surface area contributed by atoms with Gasteiger partial charge in [0.1, 0.15) is 12.4 Å². The third-order valence-electron chi connectivity index (χ3n) is 3.34.